The number of likely N-dealkylation sites (tertiary alicyclic amines) is 1. The molecule has 0 atom stereocenters. The number of alkyl halides is 3. The summed E-state index contributed by atoms with van der Waals surface area (Å²) >= 11 is 0. The maximum absolute atomic E-state index is 12.7. The summed E-state index contributed by atoms with van der Waals surface area (Å²) in [6, 6.07) is 4.16. The van der Waals surface area contributed by atoms with E-state index < -0.39 is 23.7 Å². The van der Waals surface area contributed by atoms with Crippen LogP contribution in [-0.4, -0.2) is 49.1 Å². The first-order chi connectivity index (χ1) is 13.8. The van der Waals surface area contributed by atoms with Gasteiger partial charge in [0.2, 0.25) is 0 Å². The van der Waals surface area contributed by atoms with E-state index in [9.17, 15) is 22.8 Å². The SMILES string of the molecule is COC(=O)c1ccc(CC2CC3(C2)CN(C(=O)OC(C)(C)C)C3)cc1OC(F)(F)F. The van der Waals surface area contributed by atoms with Crippen molar-refractivity contribution in [2.24, 2.45) is 11.3 Å². The average Bonchev–Trinajstić information content (AvgIpc) is 2.52. The Morgan fingerprint density at radius 3 is 2.33 bits per heavy atom. The van der Waals surface area contributed by atoms with E-state index in [1.54, 1.807) is 11.0 Å². The van der Waals surface area contributed by atoms with Crippen LogP contribution in [0.15, 0.2) is 18.2 Å². The Morgan fingerprint density at radius 1 is 1.17 bits per heavy atom. The summed E-state index contributed by atoms with van der Waals surface area (Å²) in [6.07, 6.45) is -2.87. The van der Waals surface area contributed by atoms with Crippen LogP contribution >= 0.6 is 0 Å². The predicted octanol–water partition coefficient (Wildman–Crippen LogP) is 4.56. The lowest BCUT2D eigenvalue weighted by Gasteiger charge is -2.59. The molecule has 3 rings (SSSR count). The van der Waals surface area contributed by atoms with Gasteiger partial charge in [0.1, 0.15) is 16.9 Å². The predicted molar refractivity (Wildman–Crippen MR) is 101 cm³/mol. The molecule has 166 valence electrons. The monoisotopic (exact) mass is 429 g/mol. The number of carbonyl (C=O) groups excluding carboxylic acids is 2. The van der Waals surface area contributed by atoms with Crippen LogP contribution in [0.1, 0.15) is 49.5 Å². The van der Waals surface area contributed by atoms with Gasteiger partial charge in [0, 0.05) is 18.5 Å². The van der Waals surface area contributed by atoms with Crippen molar-refractivity contribution < 1.29 is 37.0 Å². The highest BCUT2D eigenvalue weighted by Crippen LogP contribution is 2.53. The first kappa shape index (κ1) is 22.2. The third-order valence-electron chi connectivity index (χ3n) is 5.35. The Bertz CT molecular complexity index is 817. The fraction of sp³-hybridized carbons (Fsp3) is 0.619. The minimum Gasteiger partial charge on any atom is -0.465 e. The summed E-state index contributed by atoms with van der Waals surface area (Å²) in [7, 11) is 1.10. The van der Waals surface area contributed by atoms with Crippen LogP contribution in [0.25, 0.3) is 0 Å². The number of amides is 1. The number of carbonyl (C=O) groups is 2. The summed E-state index contributed by atoms with van der Waals surface area (Å²) in [6.45, 7) is 6.75. The molecule has 1 saturated carbocycles. The molecule has 1 spiro atoms. The highest BCUT2D eigenvalue weighted by Gasteiger charge is 2.54. The van der Waals surface area contributed by atoms with Gasteiger partial charge < -0.3 is 19.1 Å². The van der Waals surface area contributed by atoms with Gasteiger partial charge in [-0.2, -0.15) is 0 Å². The standard InChI is InChI=1S/C21H26F3NO5/c1-19(2,3)30-18(27)25-11-20(12-25)9-14(10-20)7-13-5-6-15(17(26)28-4)16(8-13)29-21(22,23)24/h5-6,8,14H,7,9-12H2,1-4H3. The molecule has 1 heterocycles. The van der Waals surface area contributed by atoms with Crippen molar-refractivity contribution in [1.29, 1.82) is 0 Å². The largest absolute Gasteiger partial charge is 0.573 e. The molecule has 1 saturated heterocycles. The van der Waals surface area contributed by atoms with Crippen molar-refractivity contribution in [3.8, 4) is 5.75 Å². The molecule has 6 nitrogen and oxygen atoms in total. The summed E-state index contributed by atoms with van der Waals surface area (Å²) in [5, 5.41) is 0. The Balaban J connectivity index is 1.57. The van der Waals surface area contributed by atoms with Crippen LogP contribution < -0.4 is 4.74 Å². The van der Waals surface area contributed by atoms with Crippen molar-refractivity contribution in [1.82, 2.24) is 4.90 Å². The zero-order valence-corrected chi connectivity index (χ0v) is 17.5. The van der Waals surface area contributed by atoms with Gasteiger partial charge in [-0.15, -0.1) is 13.2 Å². The van der Waals surface area contributed by atoms with Crippen molar-refractivity contribution in [3.05, 3.63) is 29.3 Å². The molecule has 0 unspecified atom stereocenters. The first-order valence-corrected chi connectivity index (χ1v) is 9.74. The average molecular weight is 429 g/mol. The number of hydrogen-bond donors (Lipinski definition) is 0. The Hall–Kier alpha value is -2.45. The third-order valence-corrected chi connectivity index (χ3v) is 5.35. The van der Waals surface area contributed by atoms with Crippen molar-refractivity contribution in [2.45, 2.75) is 52.0 Å². The van der Waals surface area contributed by atoms with Gasteiger partial charge >= 0.3 is 18.4 Å². The second-order valence-corrected chi connectivity index (χ2v) is 9.18. The van der Waals surface area contributed by atoms with E-state index in [-0.39, 0.29) is 17.1 Å². The molecule has 1 aromatic rings. The van der Waals surface area contributed by atoms with E-state index in [1.165, 1.54) is 12.1 Å². The summed E-state index contributed by atoms with van der Waals surface area (Å²) < 4.78 is 52.0. The highest BCUT2D eigenvalue weighted by atomic mass is 19.4. The second-order valence-electron chi connectivity index (χ2n) is 9.18. The molecule has 0 aromatic heterocycles. The molecule has 2 fully saturated rings. The van der Waals surface area contributed by atoms with Gasteiger partial charge in [-0.3, -0.25) is 0 Å². The summed E-state index contributed by atoms with van der Waals surface area (Å²) in [5.74, 6) is -1.14. The smallest absolute Gasteiger partial charge is 0.465 e. The normalized spacial score (nSPS) is 18.4. The lowest BCUT2D eigenvalue weighted by molar-refractivity contribution is -0.274. The lowest BCUT2D eigenvalue weighted by Crippen LogP contribution is -2.64. The minimum absolute atomic E-state index is 0.0822. The van der Waals surface area contributed by atoms with Gasteiger partial charge in [0.15, 0.2) is 0 Å². The fourth-order valence-corrected chi connectivity index (χ4v) is 4.30. The number of rotatable bonds is 4. The van der Waals surface area contributed by atoms with Crippen LogP contribution in [0.4, 0.5) is 18.0 Å². The Morgan fingerprint density at radius 2 is 1.80 bits per heavy atom. The summed E-state index contributed by atoms with van der Waals surface area (Å²) in [4.78, 5) is 25.5. The van der Waals surface area contributed by atoms with Crippen molar-refractivity contribution in [3.63, 3.8) is 0 Å². The second kappa shape index (κ2) is 7.67. The molecule has 30 heavy (non-hydrogen) atoms. The van der Waals surface area contributed by atoms with Gasteiger partial charge in [0.25, 0.3) is 0 Å². The molecule has 0 radical (unpaired) electrons. The van der Waals surface area contributed by atoms with E-state index in [0.29, 0.717) is 31.0 Å². The van der Waals surface area contributed by atoms with Gasteiger partial charge in [-0.05, 0) is 63.6 Å². The number of halogens is 3. The number of nitrogens with zero attached hydrogens (tertiary/aromatic N) is 1. The fourth-order valence-electron chi connectivity index (χ4n) is 4.30. The quantitative estimate of drug-likeness (QED) is 0.657. The number of benzene rings is 1. The Kier molecular flexibility index (Phi) is 5.68. The van der Waals surface area contributed by atoms with E-state index in [1.807, 2.05) is 20.8 Å². The number of hydrogen-bond acceptors (Lipinski definition) is 5. The maximum atomic E-state index is 12.7. The maximum Gasteiger partial charge on any atom is 0.573 e. The van der Waals surface area contributed by atoms with E-state index in [4.69, 9.17) is 4.74 Å². The molecule has 1 aromatic carbocycles. The van der Waals surface area contributed by atoms with Crippen molar-refractivity contribution in [2.75, 3.05) is 20.2 Å². The molecule has 9 heteroatoms. The van der Waals surface area contributed by atoms with Crippen molar-refractivity contribution >= 4 is 12.1 Å². The lowest BCUT2D eigenvalue weighted by atomic mass is 9.56. The molecule has 1 aliphatic heterocycles. The first-order valence-electron chi connectivity index (χ1n) is 9.74. The van der Waals surface area contributed by atoms with E-state index >= 15 is 0 Å². The van der Waals surface area contributed by atoms with Crippen LogP contribution in [0.2, 0.25) is 0 Å². The zero-order chi connectivity index (χ0) is 22.3. The molecular formula is C21H26F3NO5. The van der Waals surface area contributed by atoms with Crippen LogP contribution in [0.3, 0.4) is 0 Å². The zero-order valence-electron chi connectivity index (χ0n) is 17.5. The van der Waals surface area contributed by atoms with Gasteiger partial charge in [0.05, 0.1) is 7.11 Å². The molecule has 1 aliphatic carbocycles. The van der Waals surface area contributed by atoms with Gasteiger partial charge in [-0.25, -0.2) is 9.59 Å². The van der Waals surface area contributed by atoms with Crippen LogP contribution in [0, 0.1) is 11.3 Å². The molecule has 2 aliphatic rings. The van der Waals surface area contributed by atoms with Crippen LogP contribution in [0.5, 0.6) is 5.75 Å². The minimum atomic E-state index is -4.90. The highest BCUT2D eigenvalue weighted by molar-refractivity contribution is 5.92. The molecule has 1 amide bonds. The van der Waals surface area contributed by atoms with Crippen LogP contribution in [-0.2, 0) is 15.9 Å². The number of ether oxygens (including phenoxy) is 3. The van der Waals surface area contributed by atoms with E-state index in [0.717, 1.165) is 20.0 Å². The number of esters is 1. The Labute approximate surface area is 173 Å². The van der Waals surface area contributed by atoms with E-state index in [2.05, 4.69) is 9.47 Å². The third kappa shape index (κ3) is 5.17. The topological polar surface area (TPSA) is 65.1 Å². The number of methoxy groups -OCH3 is 1. The van der Waals surface area contributed by atoms with Gasteiger partial charge in [-0.1, -0.05) is 6.07 Å². The molecular weight excluding hydrogens is 403 g/mol. The summed E-state index contributed by atoms with van der Waals surface area (Å²) in [5.41, 5.74) is -0.0615. The molecule has 0 N–H and O–H groups in total. The molecule has 0 bridgehead atoms.